The molecule has 0 aliphatic heterocycles. The van der Waals surface area contributed by atoms with Crippen LogP contribution < -0.4 is 10.6 Å². The first-order chi connectivity index (χ1) is 10.9. The van der Waals surface area contributed by atoms with Crippen molar-refractivity contribution in [3.63, 3.8) is 0 Å². The number of nitrogens with one attached hydrogen (secondary N) is 2. The fraction of sp³-hybridized carbons (Fsp3) is 0.214. The molecule has 7 nitrogen and oxygen atoms in total. The van der Waals surface area contributed by atoms with Gasteiger partial charge >= 0.3 is 0 Å². The summed E-state index contributed by atoms with van der Waals surface area (Å²) in [6.07, 6.45) is 2.86. The molecule has 0 radical (unpaired) electrons. The predicted molar refractivity (Wildman–Crippen MR) is 93.2 cm³/mol. The highest BCUT2D eigenvalue weighted by Gasteiger charge is 2.11. The Morgan fingerprint density at radius 3 is 2.35 bits per heavy atom. The maximum atomic E-state index is 12.2. The van der Waals surface area contributed by atoms with Crippen LogP contribution in [0, 0.1) is 0 Å². The number of hydrogen-bond acceptors (Lipinski definition) is 5. The molecule has 0 fully saturated rings. The molecule has 1 aromatic heterocycles. The van der Waals surface area contributed by atoms with Crippen LogP contribution in [0.4, 0.5) is 11.6 Å². The second kappa shape index (κ2) is 7.34. The van der Waals surface area contributed by atoms with Crippen molar-refractivity contribution in [3.8, 4) is 0 Å². The third-order valence-electron chi connectivity index (χ3n) is 2.58. The molecule has 0 spiro atoms. The highest BCUT2D eigenvalue weighted by Crippen LogP contribution is 2.24. The van der Waals surface area contributed by atoms with E-state index in [0.29, 0.717) is 10.8 Å². The summed E-state index contributed by atoms with van der Waals surface area (Å²) < 4.78 is 27.9. The molecule has 0 unspecified atom stereocenters. The fourth-order valence-electron chi connectivity index (χ4n) is 1.64. The van der Waals surface area contributed by atoms with E-state index in [9.17, 15) is 8.42 Å². The van der Waals surface area contributed by atoms with E-state index in [4.69, 9.17) is 12.2 Å². The van der Waals surface area contributed by atoms with Crippen molar-refractivity contribution in [1.82, 2.24) is 15.3 Å². The van der Waals surface area contributed by atoms with Crippen LogP contribution >= 0.6 is 12.2 Å². The van der Waals surface area contributed by atoms with Gasteiger partial charge in [-0.15, -0.1) is 0 Å². The smallest absolute Gasteiger partial charge is 0.229 e. The Hall–Kier alpha value is -2.26. The van der Waals surface area contributed by atoms with Gasteiger partial charge in [0.1, 0.15) is 0 Å². The highest BCUT2D eigenvalue weighted by molar-refractivity contribution is 7.94. The van der Waals surface area contributed by atoms with Crippen molar-refractivity contribution in [2.75, 3.05) is 5.32 Å². The van der Waals surface area contributed by atoms with Crippen molar-refractivity contribution < 1.29 is 8.42 Å². The van der Waals surface area contributed by atoms with Crippen LogP contribution in [0.5, 0.6) is 0 Å². The monoisotopic (exact) mass is 350 g/mol. The van der Waals surface area contributed by atoms with Crippen molar-refractivity contribution >= 4 is 39.0 Å². The molecule has 0 aliphatic rings. The summed E-state index contributed by atoms with van der Waals surface area (Å²) in [5.41, 5.74) is 0.679. The number of nitrogens with zero attached hydrogens (tertiary/aromatic N) is 3. The van der Waals surface area contributed by atoms with Crippen LogP contribution in [0.3, 0.4) is 0 Å². The topological polar surface area (TPSA) is 98.1 Å². The van der Waals surface area contributed by atoms with Gasteiger partial charge in [0.05, 0.1) is 4.90 Å². The van der Waals surface area contributed by atoms with Crippen molar-refractivity contribution in [3.05, 3.63) is 47.4 Å². The molecule has 0 bridgehead atoms. The standard InChI is InChI=1S/C14H17N5O2S2/c1-10(2)17-14(22)18-11-4-6-12(7-5-11)23(20,21)19-13-15-8-3-9-16-13/h3-10H,1-2H3,(H3,15,16,17,18,19,22)/p-1. The normalized spacial score (nSPS) is 11.1. The Kier molecular flexibility index (Phi) is 5.45. The van der Waals surface area contributed by atoms with E-state index in [0.717, 1.165) is 0 Å². The van der Waals surface area contributed by atoms with Gasteiger partial charge in [-0.1, -0.05) is 6.07 Å². The molecule has 2 aromatic rings. The Labute approximate surface area is 140 Å². The molecular formula is C14H16N5O2S2-. The summed E-state index contributed by atoms with van der Waals surface area (Å²) in [7, 11) is -3.85. The van der Waals surface area contributed by atoms with Crippen LogP contribution in [0.25, 0.3) is 4.72 Å². The lowest BCUT2D eigenvalue weighted by atomic mass is 10.3. The van der Waals surface area contributed by atoms with Gasteiger partial charge in [-0.2, -0.15) is 0 Å². The fourth-order valence-corrected chi connectivity index (χ4v) is 2.89. The van der Waals surface area contributed by atoms with Crippen molar-refractivity contribution in [2.24, 2.45) is 0 Å². The molecule has 122 valence electrons. The lowest BCUT2D eigenvalue weighted by Crippen LogP contribution is -2.33. The third-order valence-corrected chi connectivity index (χ3v) is 4.08. The summed E-state index contributed by atoms with van der Waals surface area (Å²) >= 11 is 5.13. The molecule has 0 aliphatic carbocycles. The predicted octanol–water partition coefficient (Wildman–Crippen LogP) is 2.57. The van der Waals surface area contributed by atoms with Crippen LogP contribution in [0.15, 0.2) is 47.6 Å². The van der Waals surface area contributed by atoms with Gasteiger partial charge < -0.3 is 20.6 Å². The maximum absolute atomic E-state index is 12.2. The zero-order valence-corrected chi connectivity index (χ0v) is 14.2. The summed E-state index contributed by atoms with van der Waals surface area (Å²) in [4.78, 5) is 7.61. The zero-order chi connectivity index (χ0) is 16.9. The van der Waals surface area contributed by atoms with Crippen molar-refractivity contribution in [1.29, 1.82) is 0 Å². The molecule has 0 amide bonds. The molecule has 2 rings (SSSR count). The largest absolute Gasteiger partial charge is 0.366 e. The van der Waals surface area contributed by atoms with E-state index in [1.54, 1.807) is 18.2 Å². The van der Waals surface area contributed by atoms with E-state index in [2.05, 4.69) is 25.3 Å². The van der Waals surface area contributed by atoms with E-state index in [-0.39, 0.29) is 16.9 Å². The minimum Gasteiger partial charge on any atom is -0.366 e. The molecular weight excluding hydrogens is 334 g/mol. The number of thiocarbonyl (C=S) groups is 1. The first-order valence-electron chi connectivity index (χ1n) is 6.79. The molecule has 1 aromatic carbocycles. The average Bonchev–Trinajstić information content (AvgIpc) is 2.47. The van der Waals surface area contributed by atoms with Gasteiger partial charge in [-0.25, -0.2) is 8.42 Å². The first kappa shape index (κ1) is 17.1. The lowest BCUT2D eigenvalue weighted by molar-refractivity contribution is 0.603. The second-order valence-electron chi connectivity index (χ2n) is 4.89. The van der Waals surface area contributed by atoms with Crippen LogP contribution in [-0.4, -0.2) is 29.5 Å². The molecule has 2 N–H and O–H groups in total. The van der Waals surface area contributed by atoms with E-state index >= 15 is 0 Å². The third kappa shape index (κ3) is 5.15. The minimum absolute atomic E-state index is 0.0539. The van der Waals surface area contributed by atoms with Gasteiger partial charge in [-0.3, -0.25) is 4.72 Å². The Balaban J connectivity index is 2.08. The highest BCUT2D eigenvalue weighted by atomic mass is 32.2. The summed E-state index contributed by atoms with van der Waals surface area (Å²) in [6, 6.07) is 7.91. The van der Waals surface area contributed by atoms with Crippen LogP contribution in [0.1, 0.15) is 13.8 Å². The first-order valence-corrected chi connectivity index (χ1v) is 8.64. The van der Waals surface area contributed by atoms with Crippen molar-refractivity contribution in [2.45, 2.75) is 24.8 Å². The zero-order valence-electron chi connectivity index (χ0n) is 12.6. The molecule has 0 saturated carbocycles. The second-order valence-corrected chi connectivity index (χ2v) is 6.91. The minimum atomic E-state index is -3.85. The van der Waals surface area contributed by atoms with E-state index < -0.39 is 10.0 Å². The van der Waals surface area contributed by atoms with Gasteiger partial charge in [0.15, 0.2) is 5.11 Å². The number of rotatable bonds is 5. The molecule has 1 heterocycles. The number of anilines is 1. The van der Waals surface area contributed by atoms with E-state index in [1.807, 2.05) is 13.8 Å². The summed E-state index contributed by atoms with van der Waals surface area (Å²) in [5, 5.41) is 6.48. The molecule has 0 atom stereocenters. The Bertz CT molecular complexity index is 762. The number of aromatic nitrogens is 2. The molecule has 0 saturated heterocycles. The van der Waals surface area contributed by atoms with Gasteiger partial charge in [0.25, 0.3) is 0 Å². The quantitative estimate of drug-likeness (QED) is 0.800. The Morgan fingerprint density at radius 2 is 1.78 bits per heavy atom. The lowest BCUT2D eigenvalue weighted by Gasteiger charge is -2.14. The van der Waals surface area contributed by atoms with Gasteiger partial charge in [0.2, 0.25) is 10.0 Å². The molecule has 23 heavy (non-hydrogen) atoms. The van der Waals surface area contributed by atoms with Gasteiger partial charge in [-0.05, 0) is 62.7 Å². The average molecular weight is 350 g/mol. The molecule has 9 heteroatoms. The van der Waals surface area contributed by atoms with Crippen LogP contribution in [0.2, 0.25) is 0 Å². The Morgan fingerprint density at radius 1 is 1.17 bits per heavy atom. The van der Waals surface area contributed by atoms with Crippen LogP contribution in [-0.2, 0) is 10.0 Å². The number of benzene rings is 1. The number of sulfonamides is 1. The number of hydrogen-bond donors (Lipinski definition) is 2. The maximum Gasteiger partial charge on any atom is 0.229 e. The summed E-state index contributed by atoms with van der Waals surface area (Å²) in [6.45, 7) is 3.94. The SMILES string of the molecule is CC(C)NC(=S)Nc1ccc(S(=O)(=O)[N-]c2ncccn2)cc1. The van der Waals surface area contributed by atoms with Gasteiger partial charge in [0, 0.05) is 17.7 Å². The summed E-state index contributed by atoms with van der Waals surface area (Å²) in [5.74, 6) is -0.1000. The van der Waals surface area contributed by atoms with E-state index in [1.165, 1.54) is 24.5 Å².